The lowest BCUT2D eigenvalue weighted by molar-refractivity contribution is -0.146. The molecule has 0 fully saturated rings. The van der Waals surface area contributed by atoms with Crippen LogP contribution in [0.3, 0.4) is 0 Å². The third-order valence-electron chi connectivity index (χ3n) is 3.59. The van der Waals surface area contributed by atoms with Crippen LogP contribution in [-0.2, 0) is 25.6 Å². The first kappa shape index (κ1) is 15.0. The number of aliphatic hydroxyl groups is 1. The van der Waals surface area contributed by atoms with Gasteiger partial charge >= 0.3 is 6.18 Å². The van der Waals surface area contributed by atoms with Crippen molar-refractivity contribution < 1.29 is 31.5 Å². The summed E-state index contributed by atoms with van der Waals surface area (Å²) in [5.74, 6) is -3.12. The number of hydrogen-bond acceptors (Lipinski definition) is 3. The first-order chi connectivity index (χ1) is 10.2. The highest BCUT2D eigenvalue weighted by atomic mass is 19.4. The molecule has 0 saturated carbocycles. The van der Waals surface area contributed by atoms with Crippen LogP contribution < -0.4 is 0 Å². The summed E-state index contributed by atoms with van der Waals surface area (Å²) in [6.07, 6.45) is -6.75. The predicted octanol–water partition coefficient (Wildman–Crippen LogP) is 2.96. The van der Waals surface area contributed by atoms with Gasteiger partial charge in [0.15, 0.2) is 5.69 Å². The number of furan rings is 1. The van der Waals surface area contributed by atoms with Crippen LogP contribution in [0.15, 0.2) is 22.8 Å². The van der Waals surface area contributed by atoms with E-state index in [9.17, 15) is 27.1 Å². The zero-order chi connectivity index (χ0) is 16.1. The molecule has 1 aliphatic carbocycles. The number of alkyl halides is 5. The number of hydrogen-bond donors (Lipinski definition) is 1. The molecule has 1 atom stereocenters. The van der Waals surface area contributed by atoms with Gasteiger partial charge in [-0.05, 0) is 12.1 Å². The second-order valence-corrected chi connectivity index (χ2v) is 5.10. The number of aryl methyl sites for hydroxylation is 2. The number of fused-ring (bicyclic) bond motifs is 1. The summed E-state index contributed by atoms with van der Waals surface area (Å²) in [4.78, 5) is 0. The Morgan fingerprint density at radius 3 is 2.73 bits per heavy atom. The maximum absolute atomic E-state index is 13.5. The molecule has 0 amide bonds. The summed E-state index contributed by atoms with van der Waals surface area (Å²) in [7, 11) is 0. The Hall–Kier alpha value is -1.90. The summed E-state index contributed by atoms with van der Waals surface area (Å²) < 4.78 is 71.9. The van der Waals surface area contributed by atoms with Gasteiger partial charge in [-0.15, -0.1) is 0 Å². The monoisotopic (exact) mass is 322 g/mol. The highest BCUT2D eigenvalue weighted by molar-refractivity contribution is 5.38. The first-order valence-electron chi connectivity index (χ1n) is 6.45. The van der Waals surface area contributed by atoms with E-state index in [-0.39, 0.29) is 18.7 Å². The average Bonchev–Trinajstić information content (AvgIpc) is 3.06. The van der Waals surface area contributed by atoms with Gasteiger partial charge in [-0.3, -0.25) is 4.68 Å². The smallest absolute Gasteiger partial charge is 0.435 e. The number of rotatable bonds is 3. The van der Waals surface area contributed by atoms with E-state index in [0.717, 1.165) is 4.68 Å². The summed E-state index contributed by atoms with van der Waals surface area (Å²) in [5, 5.41) is 12.9. The van der Waals surface area contributed by atoms with E-state index in [1.54, 1.807) is 12.1 Å². The van der Waals surface area contributed by atoms with Crippen molar-refractivity contribution in [2.75, 3.05) is 0 Å². The fourth-order valence-electron chi connectivity index (χ4n) is 2.58. The van der Waals surface area contributed by atoms with Crippen LogP contribution in [0.4, 0.5) is 22.0 Å². The molecule has 0 saturated heterocycles. The number of halogens is 5. The van der Waals surface area contributed by atoms with Crippen LogP contribution in [0.1, 0.15) is 28.8 Å². The molecule has 0 aliphatic heterocycles. The summed E-state index contributed by atoms with van der Waals surface area (Å²) >= 11 is 0. The zero-order valence-electron chi connectivity index (χ0n) is 11.1. The fourth-order valence-corrected chi connectivity index (χ4v) is 2.58. The Balaban J connectivity index is 1.97. The molecular weight excluding hydrogens is 311 g/mol. The zero-order valence-corrected chi connectivity index (χ0v) is 11.1. The highest BCUT2D eigenvalue weighted by Gasteiger charge is 2.54. The maximum atomic E-state index is 13.5. The lowest BCUT2D eigenvalue weighted by Gasteiger charge is -2.15. The van der Waals surface area contributed by atoms with Crippen LogP contribution in [-0.4, -0.2) is 20.8 Å². The molecule has 1 unspecified atom stereocenters. The topological polar surface area (TPSA) is 51.2 Å². The van der Waals surface area contributed by atoms with E-state index in [4.69, 9.17) is 4.42 Å². The van der Waals surface area contributed by atoms with E-state index in [1.807, 2.05) is 0 Å². The van der Waals surface area contributed by atoms with Crippen LogP contribution in [0.25, 0.3) is 0 Å². The third-order valence-corrected chi connectivity index (χ3v) is 3.59. The Morgan fingerprint density at radius 2 is 2.14 bits per heavy atom. The Labute approximate surface area is 121 Å². The van der Waals surface area contributed by atoms with Gasteiger partial charge in [0.05, 0.1) is 18.4 Å². The fraction of sp³-hybridized carbons (Fsp3) is 0.462. The molecule has 2 aromatic heterocycles. The van der Waals surface area contributed by atoms with Crippen molar-refractivity contribution in [1.29, 1.82) is 0 Å². The molecule has 0 aromatic carbocycles. The lowest BCUT2D eigenvalue weighted by atomic mass is 10.1. The molecule has 2 heterocycles. The Morgan fingerprint density at radius 1 is 1.41 bits per heavy atom. The van der Waals surface area contributed by atoms with Crippen molar-refractivity contribution in [3.05, 3.63) is 41.1 Å². The van der Waals surface area contributed by atoms with Crippen LogP contribution >= 0.6 is 0 Å². The largest absolute Gasteiger partial charge is 0.469 e. The molecule has 1 aliphatic rings. The van der Waals surface area contributed by atoms with Crippen molar-refractivity contribution >= 4 is 0 Å². The molecule has 4 nitrogen and oxygen atoms in total. The van der Waals surface area contributed by atoms with E-state index in [0.29, 0.717) is 5.76 Å². The molecule has 22 heavy (non-hydrogen) atoms. The van der Waals surface area contributed by atoms with Gasteiger partial charge in [-0.1, -0.05) is 0 Å². The third kappa shape index (κ3) is 2.39. The van der Waals surface area contributed by atoms with E-state index in [1.165, 1.54) is 6.26 Å². The van der Waals surface area contributed by atoms with Gasteiger partial charge < -0.3 is 9.52 Å². The molecule has 120 valence electrons. The quantitative estimate of drug-likeness (QED) is 0.884. The summed E-state index contributed by atoms with van der Waals surface area (Å²) in [6, 6.07) is 3.24. The maximum Gasteiger partial charge on any atom is 0.435 e. The van der Waals surface area contributed by atoms with Crippen molar-refractivity contribution in [3.63, 3.8) is 0 Å². The van der Waals surface area contributed by atoms with Gasteiger partial charge in [0, 0.05) is 18.5 Å². The van der Waals surface area contributed by atoms with Gasteiger partial charge in [0.1, 0.15) is 11.9 Å². The second kappa shape index (κ2) is 4.80. The normalized spacial score (nSPS) is 20.4. The van der Waals surface area contributed by atoms with Crippen molar-refractivity contribution in [1.82, 2.24) is 9.78 Å². The Kier molecular flexibility index (Phi) is 3.28. The minimum absolute atomic E-state index is 0.0469. The minimum atomic E-state index is -4.90. The second-order valence-electron chi connectivity index (χ2n) is 5.10. The SMILES string of the molecule is OC1c2c(C(F)(F)F)nn(CCc3ccco3)c2CC1(F)F. The molecule has 2 aromatic rings. The number of aromatic nitrogens is 2. The molecule has 9 heteroatoms. The van der Waals surface area contributed by atoms with Crippen molar-refractivity contribution in [3.8, 4) is 0 Å². The van der Waals surface area contributed by atoms with Crippen LogP contribution in [0.5, 0.6) is 0 Å². The molecule has 3 rings (SSSR count). The standard InChI is InChI=1S/C13H11F5N2O2/c14-12(15)6-8-9(11(12)21)10(13(16,17)18)19-20(8)4-3-7-2-1-5-22-7/h1-2,5,11,21H,3-4,6H2. The number of aliphatic hydroxyl groups excluding tert-OH is 1. The molecular formula is C13H11F5N2O2. The van der Waals surface area contributed by atoms with Gasteiger partial charge in [0.2, 0.25) is 0 Å². The van der Waals surface area contributed by atoms with Gasteiger partial charge in [-0.25, -0.2) is 8.78 Å². The predicted molar refractivity (Wildman–Crippen MR) is 63.3 cm³/mol. The first-order valence-corrected chi connectivity index (χ1v) is 6.45. The van der Waals surface area contributed by atoms with Gasteiger partial charge in [0.25, 0.3) is 5.92 Å². The molecule has 0 bridgehead atoms. The molecule has 0 radical (unpaired) electrons. The van der Waals surface area contributed by atoms with E-state index in [2.05, 4.69) is 5.10 Å². The highest BCUT2D eigenvalue weighted by Crippen LogP contribution is 2.48. The van der Waals surface area contributed by atoms with Crippen molar-refractivity contribution in [2.45, 2.75) is 37.6 Å². The van der Waals surface area contributed by atoms with Crippen LogP contribution in [0.2, 0.25) is 0 Å². The summed E-state index contributed by atoms with van der Waals surface area (Å²) in [6.45, 7) is -0.0469. The average molecular weight is 322 g/mol. The van der Waals surface area contributed by atoms with Crippen molar-refractivity contribution in [2.24, 2.45) is 0 Å². The van der Waals surface area contributed by atoms with E-state index >= 15 is 0 Å². The molecule has 1 N–H and O–H groups in total. The number of nitrogens with zero attached hydrogens (tertiary/aromatic N) is 2. The van der Waals surface area contributed by atoms with Crippen LogP contribution in [0, 0.1) is 0 Å². The Bertz CT molecular complexity index is 675. The van der Waals surface area contributed by atoms with E-state index < -0.39 is 35.9 Å². The molecule has 0 spiro atoms. The lowest BCUT2D eigenvalue weighted by Crippen LogP contribution is -2.25. The minimum Gasteiger partial charge on any atom is -0.469 e. The summed E-state index contributed by atoms with van der Waals surface area (Å²) in [5.41, 5.74) is -2.56. The van der Waals surface area contributed by atoms with Gasteiger partial charge in [-0.2, -0.15) is 18.3 Å².